The number of likely N-dealkylation sites (tertiary alicyclic amines) is 1. The van der Waals surface area contributed by atoms with Crippen LogP contribution < -0.4 is 4.90 Å². The van der Waals surface area contributed by atoms with E-state index in [4.69, 9.17) is 11.6 Å². The maximum Gasteiger partial charge on any atom is 0.253 e. The summed E-state index contributed by atoms with van der Waals surface area (Å²) in [6, 6.07) is 14.3. The van der Waals surface area contributed by atoms with Crippen LogP contribution in [0.15, 0.2) is 42.5 Å². The molecule has 2 aliphatic heterocycles. The molecule has 0 unspecified atom stereocenters. The van der Waals surface area contributed by atoms with Crippen molar-refractivity contribution in [2.75, 3.05) is 44.2 Å². The number of piperazine rings is 1. The van der Waals surface area contributed by atoms with Gasteiger partial charge >= 0.3 is 0 Å². The van der Waals surface area contributed by atoms with E-state index < -0.39 is 0 Å². The van der Waals surface area contributed by atoms with Gasteiger partial charge in [0.2, 0.25) is 0 Å². The quantitative estimate of drug-likeness (QED) is 0.701. The second kappa shape index (κ2) is 9.40. The molecule has 30 heavy (non-hydrogen) atoms. The molecule has 4 rings (SSSR count). The Morgan fingerprint density at radius 3 is 2.47 bits per heavy atom. The summed E-state index contributed by atoms with van der Waals surface area (Å²) in [5.41, 5.74) is 4.48. The molecule has 2 aromatic rings. The van der Waals surface area contributed by atoms with Crippen molar-refractivity contribution in [3.05, 3.63) is 64.2 Å². The van der Waals surface area contributed by atoms with Gasteiger partial charge in [-0.15, -0.1) is 0 Å². The van der Waals surface area contributed by atoms with E-state index in [0.717, 1.165) is 49.2 Å². The van der Waals surface area contributed by atoms with Gasteiger partial charge < -0.3 is 9.80 Å². The minimum Gasteiger partial charge on any atom is -0.368 e. The smallest absolute Gasteiger partial charge is 0.253 e. The average molecular weight is 426 g/mol. The Balaban J connectivity index is 1.33. The first-order valence-electron chi connectivity index (χ1n) is 11.1. The summed E-state index contributed by atoms with van der Waals surface area (Å²) in [5.74, 6) is 0.921. The van der Waals surface area contributed by atoms with Crippen LogP contribution in [0.2, 0.25) is 5.02 Å². The summed E-state index contributed by atoms with van der Waals surface area (Å²) in [6.45, 7) is 10.9. The second-order valence-corrected chi connectivity index (χ2v) is 9.33. The van der Waals surface area contributed by atoms with Crippen LogP contribution in [-0.2, 0) is 6.54 Å². The predicted octanol–water partition coefficient (Wildman–Crippen LogP) is 4.84. The van der Waals surface area contributed by atoms with E-state index in [1.165, 1.54) is 42.7 Å². The first kappa shape index (κ1) is 21.2. The number of hydrogen-bond donors (Lipinski definition) is 0. The predicted molar refractivity (Wildman–Crippen MR) is 124 cm³/mol. The van der Waals surface area contributed by atoms with Gasteiger partial charge in [0.15, 0.2) is 0 Å². The average Bonchev–Trinajstić information content (AvgIpc) is 2.76. The lowest BCUT2D eigenvalue weighted by Crippen LogP contribution is -2.49. The fourth-order valence-corrected chi connectivity index (χ4v) is 4.86. The van der Waals surface area contributed by atoms with Crippen molar-refractivity contribution in [1.82, 2.24) is 9.80 Å². The van der Waals surface area contributed by atoms with Crippen molar-refractivity contribution < 1.29 is 4.79 Å². The SMILES string of the molecule is Cc1ccc(Cl)cc1N1CCN(C(=O)c2ccc(CN3CCC[C@@H](C)C3)cc2)CC1. The maximum atomic E-state index is 13.0. The van der Waals surface area contributed by atoms with Gasteiger partial charge in [-0.05, 0) is 67.6 Å². The van der Waals surface area contributed by atoms with Gasteiger partial charge in [-0.25, -0.2) is 0 Å². The number of hydrogen-bond acceptors (Lipinski definition) is 3. The Morgan fingerprint density at radius 2 is 1.77 bits per heavy atom. The maximum absolute atomic E-state index is 13.0. The van der Waals surface area contributed by atoms with Crippen molar-refractivity contribution in [2.24, 2.45) is 5.92 Å². The minimum atomic E-state index is 0.135. The summed E-state index contributed by atoms with van der Waals surface area (Å²) < 4.78 is 0. The van der Waals surface area contributed by atoms with E-state index in [1.807, 2.05) is 29.2 Å². The molecule has 0 saturated carbocycles. The van der Waals surface area contributed by atoms with Crippen molar-refractivity contribution in [2.45, 2.75) is 33.2 Å². The van der Waals surface area contributed by atoms with Crippen LogP contribution in [0.4, 0.5) is 5.69 Å². The summed E-state index contributed by atoms with van der Waals surface area (Å²) in [6.07, 6.45) is 2.63. The number of halogens is 1. The highest BCUT2D eigenvalue weighted by Gasteiger charge is 2.23. The fraction of sp³-hybridized carbons (Fsp3) is 0.480. The molecule has 1 atom stereocenters. The lowest BCUT2D eigenvalue weighted by molar-refractivity contribution is 0.0746. The van der Waals surface area contributed by atoms with Crippen LogP contribution in [0, 0.1) is 12.8 Å². The number of anilines is 1. The third-order valence-electron chi connectivity index (χ3n) is 6.43. The van der Waals surface area contributed by atoms with Gasteiger partial charge in [0.25, 0.3) is 5.91 Å². The van der Waals surface area contributed by atoms with Gasteiger partial charge in [0, 0.05) is 55.5 Å². The molecule has 2 aliphatic rings. The molecular formula is C25H32ClN3O. The van der Waals surface area contributed by atoms with Crippen LogP contribution in [0.1, 0.15) is 41.3 Å². The van der Waals surface area contributed by atoms with Crippen molar-refractivity contribution in [3.8, 4) is 0 Å². The van der Waals surface area contributed by atoms with Gasteiger partial charge in [-0.2, -0.15) is 0 Å². The molecule has 2 fully saturated rings. The zero-order valence-corrected chi connectivity index (χ0v) is 18.9. The lowest BCUT2D eigenvalue weighted by Gasteiger charge is -2.37. The molecule has 4 nitrogen and oxygen atoms in total. The highest BCUT2D eigenvalue weighted by Crippen LogP contribution is 2.26. The number of benzene rings is 2. The second-order valence-electron chi connectivity index (χ2n) is 8.89. The molecule has 0 spiro atoms. The lowest BCUT2D eigenvalue weighted by atomic mass is 9.99. The zero-order valence-electron chi connectivity index (χ0n) is 18.1. The molecule has 0 aromatic heterocycles. The Kier molecular flexibility index (Phi) is 6.64. The van der Waals surface area contributed by atoms with E-state index >= 15 is 0 Å². The summed E-state index contributed by atoms with van der Waals surface area (Å²) >= 11 is 6.18. The van der Waals surface area contributed by atoms with Gasteiger partial charge in [-0.3, -0.25) is 9.69 Å². The molecule has 2 saturated heterocycles. The van der Waals surface area contributed by atoms with Crippen molar-refractivity contribution >= 4 is 23.2 Å². The Morgan fingerprint density at radius 1 is 1.03 bits per heavy atom. The molecule has 160 valence electrons. The number of piperidine rings is 1. The van der Waals surface area contributed by atoms with Crippen LogP contribution >= 0.6 is 11.6 Å². The van der Waals surface area contributed by atoms with Crippen LogP contribution in [0.5, 0.6) is 0 Å². The number of carbonyl (C=O) groups excluding carboxylic acids is 1. The van der Waals surface area contributed by atoms with E-state index in [9.17, 15) is 4.79 Å². The van der Waals surface area contributed by atoms with Crippen molar-refractivity contribution in [3.63, 3.8) is 0 Å². The van der Waals surface area contributed by atoms with Crippen LogP contribution in [0.25, 0.3) is 0 Å². The largest absolute Gasteiger partial charge is 0.368 e. The number of amides is 1. The molecule has 0 bridgehead atoms. The first-order chi connectivity index (χ1) is 14.5. The monoisotopic (exact) mass is 425 g/mol. The highest BCUT2D eigenvalue weighted by molar-refractivity contribution is 6.30. The number of carbonyl (C=O) groups is 1. The van der Waals surface area contributed by atoms with Gasteiger partial charge in [-0.1, -0.05) is 36.7 Å². The molecule has 2 aromatic carbocycles. The highest BCUT2D eigenvalue weighted by atomic mass is 35.5. The third-order valence-corrected chi connectivity index (χ3v) is 6.66. The molecule has 1 amide bonds. The normalized spacial score (nSPS) is 20.4. The van der Waals surface area contributed by atoms with E-state index in [-0.39, 0.29) is 5.91 Å². The summed E-state index contributed by atoms with van der Waals surface area (Å²) in [4.78, 5) is 19.8. The number of nitrogens with zero attached hydrogens (tertiary/aromatic N) is 3. The Bertz CT molecular complexity index is 874. The summed E-state index contributed by atoms with van der Waals surface area (Å²) in [7, 11) is 0. The molecule has 0 aliphatic carbocycles. The molecular weight excluding hydrogens is 394 g/mol. The van der Waals surface area contributed by atoms with E-state index in [0.29, 0.717) is 0 Å². The molecule has 2 heterocycles. The Hall–Kier alpha value is -2.04. The Labute approximate surface area is 185 Å². The number of aryl methyl sites for hydroxylation is 1. The standard InChI is InChI=1S/C25H32ClN3O/c1-19-4-3-11-27(17-19)18-21-6-8-22(9-7-21)25(30)29-14-12-28(13-15-29)24-16-23(26)10-5-20(24)2/h5-10,16,19H,3-4,11-15,17-18H2,1-2H3/t19-/m1/s1. The fourth-order valence-electron chi connectivity index (χ4n) is 4.70. The van der Waals surface area contributed by atoms with E-state index in [1.54, 1.807) is 0 Å². The third kappa shape index (κ3) is 4.98. The first-order valence-corrected chi connectivity index (χ1v) is 11.5. The van der Waals surface area contributed by atoms with Crippen LogP contribution in [0.3, 0.4) is 0 Å². The van der Waals surface area contributed by atoms with Crippen molar-refractivity contribution in [1.29, 1.82) is 0 Å². The minimum absolute atomic E-state index is 0.135. The van der Waals surface area contributed by atoms with Crippen LogP contribution in [-0.4, -0.2) is 55.0 Å². The molecule has 5 heteroatoms. The number of rotatable bonds is 4. The van der Waals surface area contributed by atoms with Gasteiger partial charge in [0.05, 0.1) is 0 Å². The molecule has 0 radical (unpaired) electrons. The van der Waals surface area contributed by atoms with Gasteiger partial charge in [0.1, 0.15) is 0 Å². The molecule has 0 N–H and O–H groups in total. The summed E-state index contributed by atoms with van der Waals surface area (Å²) in [5, 5.41) is 0.758. The zero-order chi connectivity index (χ0) is 21.1. The van der Waals surface area contributed by atoms with E-state index in [2.05, 4.69) is 41.8 Å². The topological polar surface area (TPSA) is 26.8 Å².